The van der Waals surface area contributed by atoms with Crippen molar-refractivity contribution in [3.8, 4) is 0 Å². The number of rotatable bonds is 5. The van der Waals surface area contributed by atoms with Crippen LogP contribution in [0, 0.1) is 5.92 Å². The van der Waals surface area contributed by atoms with E-state index in [1.54, 1.807) is 21.8 Å². The van der Waals surface area contributed by atoms with Gasteiger partial charge in [0.15, 0.2) is 5.65 Å². The molecule has 0 unspecified atom stereocenters. The summed E-state index contributed by atoms with van der Waals surface area (Å²) in [5.74, 6) is 1.21. The number of aryl methyl sites for hydroxylation is 1. The molecule has 3 aromatic heterocycles. The van der Waals surface area contributed by atoms with Crippen molar-refractivity contribution in [3.05, 3.63) is 35.0 Å². The first kappa shape index (κ1) is 14.4. The van der Waals surface area contributed by atoms with E-state index in [9.17, 15) is 4.79 Å². The van der Waals surface area contributed by atoms with E-state index in [4.69, 9.17) is 0 Å². The third-order valence-corrected chi connectivity index (χ3v) is 3.47. The highest BCUT2D eigenvalue weighted by molar-refractivity contribution is 5.72. The summed E-state index contributed by atoms with van der Waals surface area (Å²) in [6, 6.07) is 0. The van der Waals surface area contributed by atoms with Gasteiger partial charge < -0.3 is 0 Å². The van der Waals surface area contributed by atoms with Crippen LogP contribution >= 0.6 is 0 Å². The normalized spacial score (nSPS) is 11.6. The molecule has 0 atom stereocenters. The smallest absolute Gasteiger partial charge is 0.264 e. The molecule has 0 radical (unpaired) electrons. The van der Waals surface area contributed by atoms with Crippen LogP contribution in [0.5, 0.6) is 0 Å². The predicted octanol–water partition coefficient (Wildman–Crippen LogP) is 0.909. The average molecular weight is 301 g/mol. The number of hydrogen-bond donors (Lipinski definition) is 0. The Labute approximate surface area is 127 Å². The van der Waals surface area contributed by atoms with Gasteiger partial charge in [-0.1, -0.05) is 13.8 Å². The Morgan fingerprint density at radius 3 is 2.73 bits per heavy atom. The summed E-state index contributed by atoms with van der Waals surface area (Å²) >= 11 is 0. The molecule has 0 aromatic carbocycles. The summed E-state index contributed by atoms with van der Waals surface area (Å²) in [5.41, 5.74) is 0.510. The van der Waals surface area contributed by atoms with E-state index in [0.717, 1.165) is 12.4 Å². The highest BCUT2D eigenvalue weighted by atomic mass is 16.1. The van der Waals surface area contributed by atoms with Crippen LogP contribution in [0.2, 0.25) is 0 Å². The van der Waals surface area contributed by atoms with Crippen molar-refractivity contribution in [2.75, 3.05) is 0 Å². The zero-order valence-electron chi connectivity index (χ0n) is 13.0. The molecular formula is C14H19N7O. The first-order valence-electron chi connectivity index (χ1n) is 7.37. The van der Waals surface area contributed by atoms with Crippen LogP contribution in [0.15, 0.2) is 23.6 Å². The van der Waals surface area contributed by atoms with Crippen molar-refractivity contribution >= 4 is 11.0 Å². The summed E-state index contributed by atoms with van der Waals surface area (Å²) < 4.78 is 5.09. The second-order valence-corrected chi connectivity index (χ2v) is 5.63. The van der Waals surface area contributed by atoms with Crippen LogP contribution in [0.3, 0.4) is 0 Å². The van der Waals surface area contributed by atoms with Crippen molar-refractivity contribution in [2.45, 2.75) is 40.4 Å². The fraction of sp³-hybridized carbons (Fsp3) is 0.500. The van der Waals surface area contributed by atoms with E-state index >= 15 is 0 Å². The maximum atomic E-state index is 12.5. The highest BCUT2D eigenvalue weighted by Crippen LogP contribution is 2.07. The van der Waals surface area contributed by atoms with E-state index < -0.39 is 0 Å². The van der Waals surface area contributed by atoms with E-state index in [0.29, 0.717) is 30.0 Å². The number of aromatic nitrogens is 7. The topological polar surface area (TPSA) is 83.4 Å². The average Bonchev–Trinajstić information content (AvgIpc) is 3.08. The van der Waals surface area contributed by atoms with Crippen molar-refractivity contribution in [3.63, 3.8) is 0 Å². The quantitative estimate of drug-likeness (QED) is 0.699. The van der Waals surface area contributed by atoms with Gasteiger partial charge in [-0.25, -0.2) is 19.3 Å². The molecule has 0 aliphatic heterocycles. The summed E-state index contributed by atoms with van der Waals surface area (Å²) in [7, 11) is 0. The second kappa shape index (κ2) is 5.70. The van der Waals surface area contributed by atoms with Gasteiger partial charge in [-0.05, 0) is 12.8 Å². The zero-order valence-corrected chi connectivity index (χ0v) is 13.0. The maximum absolute atomic E-state index is 12.5. The summed E-state index contributed by atoms with van der Waals surface area (Å²) in [6.07, 6.45) is 4.64. The molecule has 0 spiro atoms. The molecule has 116 valence electrons. The van der Waals surface area contributed by atoms with Crippen molar-refractivity contribution in [1.29, 1.82) is 0 Å². The zero-order chi connectivity index (χ0) is 15.7. The molecular weight excluding hydrogens is 282 g/mol. The minimum atomic E-state index is -0.108. The standard InChI is InChI=1S/C14H19N7O/c1-4-20-13-11(5-17-20)14(22)19(9-16-13)7-12-15-8-18-21(12)6-10(2)3/h5,8-10H,4,6-7H2,1-3H3. The van der Waals surface area contributed by atoms with E-state index in [1.165, 1.54) is 6.33 Å². The SMILES string of the molecule is CCn1ncc2c(=O)n(Cc3ncnn3CC(C)C)cnc21. The lowest BCUT2D eigenvalue weighted by atomic mass is 10.2. The van der Waals surface area contributed by atoms with Gasteiger partial charge >= 0.3 is 0 Å². The van der Waals surface area contributed by atoms with Gasteiger partial charge in [0.2, 0.25) is 0 Å². The predicted molar refractivity (Wildman–Crippen MR) is 81.4 cm³/mol. The van der Waals surface area contributed by atoms with Gasteiger partial charge in [-0.15, -0.1) is 0 Å². The minimum absolute atomic E-state index is 0.108. The Kier molecular flexibility index (Phi) is 3.74. The van der Waals surface area contributed by atoms with Gasteiger partial charge in [-0.2, -0.15) is 10.2 Å². The first-order chi connectivity index (χ1) is 10.6. The summed E-state index contributed by atoms with van der Waals surface area (Å²) in [6.45, 7) is 8.00. The minimum Gasteiger partial charge on any atom is -0.291 e. The van der Waals surface area contributed by atoms with Crippen LogP contribution in [-0.2, 0) is 19.6 Å². The van der Waals surface area contributed by atoms with Gasteiger partial charge in [-0.3, -0.25) is 9.36 Å². The molecule has 0 bridgehead atoms. The summed E-state index contributed by atoms with van der Waals surface area (Å²) in [4.78, 5) is 21.1. The van der Waals surface area contributed by atoms with Crippen LogP contribution in [0.25, 0.3) is 11.0 Å². The van der Waals surface area contributed by atoms with Crippen LogP contribution in [0.4, 0.5) is 0 Å². The lowest BCUT2D eigenvalue weighted by Gasteiger charge is -2.09. The Bertz CT molecular complexity index is 842. The molecule has 8 heteroatoms. The molecule has 8 nitrogen and oxygen atoms in total. The van der Waals surface area contributed by atoms with Crippen LogP contribution < -0.4 is 5.56 Å². The molecule has 0 aliphatic carbocycles. The van der Waals surface area contributed by atoms with Crippen LogP contribution in [0.1, 0.15) is 26.6 Å². The third-order valence-electron chi connectivity index (χ3n) is 3.47. The molecule has 3 heterocycles. The highest BCUT2D eigenvalue weighted by Gasteiger charge is 2.12. The van der Waals surface area contributed by atoms with E-state index in [-0.39, 0.29) is 5.56 Å². The Balaban J connectivity index is 1.96. The molecule has 3 aromatic rings. The molecule has 0 amide bonds. The maximum Gasteiger partial charge on any atom is 0.264 e. The second-order valence-electron chi connectivity index (χ2n) is 5.63. The monoisotopic (exact) mass is 301 g/mol. The Morgan fingerprint density at radius 1 is 1.18 bits per heavy atom. The molecule has 22 heavy (non-hydrogen) atoms. The Hall–Kier alpha value is -2.51. The fourth-order valence-electron chi connectivity index (χ4n) is 2.40. The summed E-state index contributed by atoms with van der Waals surface area (Å²) in [5, 5.41) is 8.92. The Morgan fingerprint density at radius 2 is 2.00 bits per heavy atom. The number of nitrogens with zero attached hydrogens (tertiary/aromatic N) is 7. The number of fused-ring (bicyclic) bond motifs is 1. The molecule has 0 fully saturated rings. The number of hydrogen-bond acceptors (Lipinski definition) is 5. The van der Waals surface area contributed by atoms with Crippen molar-refractivity contribution < 1.29 is 0 Å². The van der Waals surface area contributed by atoms with Gasteiger partial charge in [0.25, 0.3) is 5.56 Å². The third kappa shape index (κ3) is 2.51. The first-order valence-corrected chi connectivity index (χ1v) is 7.37. The van der Waals surface area contributed by atoms with E-state index in [2.05, 4.69) is 34.0 Å². The van der Waals surface area contributed by atoms with Crippen molar-refractivity contribution in [1.82, 2.24) is 34.1 Å². The largest absolute Gasteiger partial charge is 0.291 e. The lowest BCUT2D eigenvalue weighted by Crippen LogP contribution is -2.23. The van der Waals surface area contributed by atoms with Crippen molar-refractivity contribution in [2.24, 2.45) is 5.92 Å². The molecule has 0 N–H and O–H groups in total. The van der Waals surface area contributed by atoms with Gasteiger partial charge in [0, 0.05) is 13.1 Å². The molecule has 0 aliphatic rings. The van der Waals surface area contributed by atoms with E-state index in [1.807, 2.05) is 11.6 Å². The molecule has 0 saturated carbocycles. The molecule has 0 saturated heterocycles. The fourth-order valence-corrected chi connectivity index (χ4v) is 2.40. The van der Waals surface area contributed by atoms with Gasteiger partial charge in [0.1, 0.15) is 23.9 Å². The molecule has 3 rings (SSSR count). The van der Waals surface area contributed by atoms with Crippen LogP contribution in [-0.4, -0.2) is 34.1 Å². The van der Waals surface area contributed by atoms with Gasteiger partial charge in [0.05, 0.1) is 12.7 Å². The lowest BCUT2D eigenvalue weighted by molar-refractivity contribution is 0.459.